The van der Waals surface area contributed by atoms with Gasteiger partial charge in [0.25, 0.3) is 0 Å². The number of benzene rings is 2. The predicted octanol–water partition coefficient (Wildman–Crippen LogP) is 4.76. The number of aryl methyl sites for hydroxylation is 2. The van der Waals surface area contributed by atoms with E-state index in [1.54, 1.807) is 11.0 Å². The molecule has 1 heterocycles. The van der Waals surface area contributed by atoms with Crippen molar-refractivity contribution in [2.75, 3.05) is 36.8 Å². The van der Waals surface area contributed by atoms with Gasteiger partial charge in [-0.25, -0.2) is 0 Å². The van der Waals surface area contributed by atoms with Crippen LogP contribution < -0.4 is 4.90 Å². The fraction of sp³-hybridized carbons (Fsp3) is 0.381. The van der Waals surface area contributed by atoms with Crippen LogP contribution in [0.25, 0.3) is 0 Å². The van der Waals surface area contributed by atoms with Crippen LogP contribution in [0.2, 0.25) is 0 Å². The second kappa shape index (κ2) is 8.47. The van der Waals surface area contributed by atoms with Crippen LogP contribution in [0.15, 0.2) is 47.4 Å². The summed E-state index contributed by atoms with van der Waals surface area (Å²) in [4.78, 5) is 17.2. The summed E-state index contributed by atoms with van der Waals surface area (Å²) < 4.78 is 38.7. The highest BCUT2D eigenvalue weighted by Gasteiger charge is 2.31. The van der Waals surface area contributed by atoms with Gasteiger partial charge in [-0.15, -0.1) is 11.8 Å². The topological polar surface area (TPSA) is 23.6 Å². The maximum absolute atomic E-state index is 12.9. The van der Waals surface area contributed by atoms with Gasteiger partial charge in [0.15, 0.2) is 0 Å². The molecule has 0 unspecified atom stereocenters. The van der Waals surface area contributed by atoms with Crippen molar-refractivity contribution in [3.05, 3.63) is 59.2 Å². The van der Waals surface area contributed by atoms with E-state index in [9.17, 15) is 18.0 Å². The summed E-state index contributed by atoms with van der Waals surface area (Å²) in [7, 11) is 0. The van der Waals surface area contributed by atoms with Crippen LogP contribution in [0.1, 0.15) is 16.7 Å². The number of alkyl halides is 3. The molecule has 28 heavy (non-hydrogen) atoms. The third-order valence-electron chi connectivity index (χ3n) is 5.01. The molecule has 1 saturated heterocycles. The minimum absolute atomic E-state index is 0.0620. The summed E-state index contributed by atoms with van der Waals surface area (Å²) >= 11 is 1.52. The molecule has 0 aromatic heterocycles. The van der Waals surface area contributed by atoms with Crippen molar-refractivity contribution in [3.8, 4) is 0 Å². The quantitative estimate of drug-likeness (QED) is 0.682. The third kappa shape index (κ3) is 5.01. The zero-order chi connectivity index (χ0) is 20.3. The maximum atomic E-state index is 12.9. The standard InChI is InChI=1S/C21H23F3N2OS/c1-15-6-7-19(12-16(15)2)28-14-20(27)26-10-8-25(9-11-26)18-5-3-4-17(13-18)21(22,23)24/h3-7,12-13H,8-11,14H2,1-2H3. The molecule has 1 fully saturated rings. The monoisotopic (exact) mass is 408 g/mol. The Morgan fingerprint density at radius 2 is 1.71 bits per heavy atom. The molecule has 1 aliphatic rings. The van der Waals surface area contributed by atoms with Gasteiger partial charge in [-0.1, -0.05) is 12.1 Å². The molecule has 3 nitrogen and oxygen atoms in total. The fourth-order valence-corrected chi connectivity index (χ4v) is 4.03. The highest BCUT2D eigenvalue weighted by molar-refractivity contribution is 8.00. The molecule has 0 radical (unpaired) electrons. The molecular weight excluding hydrogens is 385 g/mol. The average Bonchev–Trinajstić information content (AvgIpc) is 2.68. The normalized spacial score (nSPS) is 15.0. The first kappa shape index (κ1) is 20.6. The SMILES string of the molecule is Cc1ccc(SCC(=O)N2CCN(c3cccc(C(F)(F)F)c3)CC2)cc1C. The molecule has 1 amide bonds. The molecule has 0 aliphatic carbocycles. The molecule has 0 saturated carbocycles. The van der Waals surface area contributed by atoms with Crippen LogP contribution in [-0.2, 0) is 11.0 Å². The number of hydrogen-bond acceptors (Lipinski definition) is 3. The van der Waals surface area contributed by atoms with E-state index < -0.39 is 11.7 Å². The lowest BCUT2D eigenvalue weighted by Gasteiger charge is -2.36. The smallest absolute Gasteiger partial charge is 0.368 e. The lowest BCUT2D eigenvalue weighted by Crippen LogP contribution is -2.49. The van der Waals surface area contributed by atoms with E-state index in [0.29, 0.717) is 37.6 Å². The third-order valence-corrected chi connectivity index (χ3v) is 5.99. The number of halogens is 3. The molecule has 150 valence electrons. The number of nitrogens with zero attached hydrogens (tertiary/aromatic N) is 2. The largest absolute Gasteiger partial charge is 0.416 e. The van der Waals surface area contributed by atoms with Crippen molar-refractivity contribution >= 4 is 23.4 Å². The highest BCUT2D eigenvalue weighted by atomic mass is 32.2. The Labute approximate surface area is 167 Å². The molecule has 2 aromatic carbocycles. The van der Waals surface area contributed by atoms with Gasteiger partial charge < -0.3 is 9.80 Å². The van der Waals surface area contributed by atoms with Crippen molar-refractivity contribution in [2.24, 2.45) is 0 Å². The predicted molar refractivity (Wildman–Crippen MR) is 107 cm³/mol. The van der Waals surface area contributed by atoms with Gasteiger partial charge in [0.05, 0.1) is 11.3 Å². The average molecular weight is 408 g/mol. The first-order valence-corrected chi connectivity index (χ1v) is 10.1. The summed E-state index contributed by atoms with van der Waals surface area (Å²) in [5, 5.41) is 0. The number of thioether (sulfide) groups is 1. The van der Waals surface area contributed by atoms with E-state index in [2.05, 4.69) is 19.1 Å². The van der Waals surface area contributed by atoms with E-state index in [4.69, 9.17) is 0 Å². The number of hydrogen-bond donors (Lipinski definition) is 0. The number of piperazine rings is 1. The zero-order valence-corrected chi connectivity index (χ0v) is 16.7. The number of amides is 1. The number of rotatable bonds is 4. The molecule has 2 aromatic rings. The Morgan fingerprint density at radius 3 is 2.36 bits per heavy atom. The van der Waals surface area contributed by atoms with Gasteiger partial charge in [-0.05, 0) is 55.3 Å². The Hall–Kier alpha value is -2.15. The number of carbonyl (C=O) groups is 1. The molecule has 1 aliphatic heterocycles. The molecular formula is C21H23F3N2OS. The van der Waals surface area contributed by atoms with Crippen LogP contribution in [0, 0.1) is 13.8 Å². The molecule has 0 N–H and O–H groups in total. The van der Waals surface area contributed by atoms with E-state index in [1.165, 1.54) is 35.0 Å². The number of anilines is 1. The van der Waals surface area contributed by atoms with Gasteiger partial charge >= 0.3 is 6.18 Å². The van der Waals surface area contributed by atoms with Gasteiger partial charge in [0.2, 0.25) is 5.91 Å². The van der Waals surface area contributed by atoms with Crippen LogP contribution in [0.3, 0.4) is 0 Å². The van der Waals surface area contributed by atoms with Crippen molar-refractivity contribution in [1.29, 1.82) is 0 Å². The lowest BCUT2D eigenvalue weighted by atomic mass is 10.1. The van der Waals surface area contributed by atoms with E-state index in [1.807, 2.05) is 17.9 Å². The second-order valence-corrected chi connectivity index (χ2v) is 8.00. The summed E-state index contributed by atoms with van der Waals surface area (Å²) in [6, 6.07) is 11.5. The van der Waals surface area contributed by atoms with Crippen LogP contribution in [0.4, 0.5) is 18.9 Å². The highest BCUT2D eigenvalue weighted by Crippen LogP contribution is 2.32. The summed E-state index contributed by atoms with van der Waals surface area (Å²) in [5.41, 5.74) is 2.33. The Bertz CT molecular complexity index is 846. The van der Waals surface area contributed by atoms with Crippen LogP contribution in [-0.4, -0.2) is 42.7 Å². The van der Waals surface area contributed by atoms with Gasteiger partial charge in [-0.2, -0.15) is 13.2 Å². The number of carbonyl (C=O) groups excluding carboxylic acids is 1. The van der Waals surface area contributed by atoms with Crippen LogP contribution in [0.5, 0.6) is 0 Å². The zero-order valence-electron chi connectivity index (χ0n) is 15.9. The van der Waals surface area contributed by atoms with E-state index in [0.717, 1.165) is 11.0 Å². The Morgan fingerprint density at radius 1 is 1.00 bits per heavy atom. The molecule has 0 bridgehead atoms. The lowest BCUT2D eigenvalue weighted by molar-refractivity contribution is -0.137. The van der Waals surface area contributed by atoms with Crippen molar-refractivity contribution in [1.82, 2.24) is 4.90 Å². The summed E-state index contributed by atoms with van der Waals surface area (Å²) in [5.74, 6) is 0.429. The fourth-order valence-electron chi connectivity index (χ4n) is 3.13. The van der Waals surface area contributed by atoms with Crippen LogP contribution >= 0.6 is 11.8 Å². The molecule has 7 heteroatoms. The summed E-state index contributed by atoms with van der Waals surface area (Å²) in [6.45, 7) is 6.20. The molecule has 0 atom stereocenters. The van der Waals surface area contributed by atoms with Crippen molar-refractivity contribution < 1.29 is 18.0 Å². The van der Waals surface area contributed by atoms with Crippen molar-refractivity contribution in [2.45, 2.75) is 24.9 Å². The minimum Gasteiger partial charge on any atom is -0.368 e. The minimum atomic E-state index is -4.35. The second-order valence-electron chi connectivity index (χ2n) is 6.95. The van der Waals surface area contributed by atoms with E-state index >= 15 is 0 Å². The van der Waals surface area contributed by atoms with E-state index in [-0.39, 0.29) is 5.91 Å². The summed E-state index contributed by atoms with van der Waals surface area (Å²) in [6.07, 6.45) is -4.35. The Kier molecular flexibility index (Phi) is 6.23. The van der Waals surface area contributed by atoms with Crippen molar-refractivity contribution in [3.63, 3.8) is 0 Å². The van der Waals surface area contributed by atoms with Gasteiger partial charge in [0.1, 0.15) is 0 Å². The van der Waals surface area contributed by atoms with Gasteiger partial charge in [0, 0.05) is 36.8 Å². The molecule has 0 spiro atoms. The maximum Gasteiger partial charge on any atom is 0.416 e. The molecule has 3 rings (SSSR count). The first-order valence-electron chi connectivity index (χ1n) is 9.14. The van der Waals surface area contributed by atoms with Gasteiger partial charge in [-0.3, -0.25) is 4.79 Å². The first-order chi connectivity index (χ1) is 13.2. The Balaban J connectivity index is 1.53.